The van der Waals surface area contributed by atoms with Gasteiger partial charge in [0, 0.05) is 13.2 Å². The standard InChI is InChI=1S/C11H13N3O3S/c1-8-11(7-14(2)12-8)13-18(16,17)10-5-3-9(15)4-6-10/h3-7,13,15H,1-2H3. The third kappa shape index (κ3) is 2.45. The number of hydrogen-bond donors (Lipinski definition) is 2. The van der Waals surface area contributed by atoms with Crippen molar-refractivity contribution in [1.29, 1.82) is 0 Å². The molecule has 0 radical (unpaired) electrons. The highest BCUT2D eigenvalue weighted by Crippen LogP contribution is 2.20. The van der Waals surface area contributed by atoms with Crippen LogP contribution in [0.2, 0.25) is 0 Å². The summed E-state index contributed by atoms with van der Waals surface area (Å²) in [4.78, 5) is 0.0866. The highest BCUT2D eigenvalue weighted by Gasteiger charge is 2.16. The Morgan fingerprint density at radius 1 is 1.28 bits per heavy atom. The smallest absolute Gasteiger partial charge is 0.262 e. The zero-order chi connectivity index (χ0) is 13.3. The first-order valence-electron chi connectivity index (χ1n) is 5.20. The summed E-state index contributed by atoms with van der Waals surface area (Å²) in [5.74, 6) is 0.0199. The van der Waals surface area contributed by atoms with Gasteiger partial charge in [-0.2, -0.15) is 5.10 Å². The van der Waals surface area contributed by atoms with E-state index >= 15 is 0 Å². The van der Waals surface area contributed by atoms with E-state index in [2.05, 4.69) is 9.82 Å². The number of hydrogen-bond acceptors (Lipinski definition) is 4. The van der Waals surface area contributed by atoms with Crippen molar-refractivity contribution in [3.8, 4) is 5.75 Å². The lowest BCUT2D eigenvalue weighted by atomic mass is 10.3. The molecule has 0 fully saturated rings. The van der Waals surface area contributed by atoms with E-state index in [0.717, 1.165) is 0 Å². The van der Waals surface area contributed by atoms with Crippen molar-refractivity contribution < 1.29 is 13.5 Å². The van der Waals surface area contributed by atoms with Crippen LogP contribution in [0, 0.1) is 6.92 Å². The zero-order valence-corrected chi connectivity index (χ0v) is 10.8. The number of nitrogens with one attached hydrogen (secondary N) is 1. The topological polar surface area (TPSA) is 84.2 Å². The Hall–Kier alpha value is -2.02. The van der Waals surface area contributed by atoms with Gasteiger partial charge in [-0.1, -0.05) is 0 Å². The van der Waals surface area contributed by atoms with Crippen LogP contribution in [0.1, 0.15) is 5.69 Å². The van der Waals surface area contributed by atoms with Crippen LogP contribution in [-0.4, -0.2) is 23.3 Å². The molecule has 0 aliphatic carbocycles. The first-order valence-corrected chi connectivity index (χ1v) is 6.69. The van der Waals surface area contributed by atoms with Crippen LogP contribution in [0.3, 0.4) is 0 Å². The largest absolute Gasteiger partial charge is 0.508 e. The predicted molar refractivity (Wildman–Crippen MR) is 66.9 cm³/mol. The van der Waals surface area contributed by atoms with Gasteiger partial charge in [-0.05, 0) is 31.2 Å². The van der Waals surface area contributed by atoms with Crippen molar-refractivity contribution in [3.63, 3.8) is 0 Å². The zero-order valence-electron chi connectivity index (χ0n) is 9.95. The van der Waals surface area contributed by atoms with Gasteiger partial charge in [0.15, 0.2) is 0 Å². The van der Waals surface area contributed by atoms with Crippen LogP contribution >= 0.6 is 0 Å². The molecule has 6 nitrogen and oxygen atoms in total. The molecule has 0 unspecified atom stereocenters. The minimum atomic E-state index is -3.65. The summed E-state index contributed by atoms with van der Waals surface area (Å²) in [6.07, 6.45) is 1.59. The van der Waals surface area contributed by atoms with Crippen LogP contribution in [0.15, 0.2) is 35.4 Å². The maximum Gasteiger partial charge on any atom is 0.262 e. The van der Waals surface area contributed by atoms with Crippen LogP contribution in [0.25, 0.3) is 0 Å². The van der Waals surface area contributed by atoms with Crippen LogP contribution in [0.4, 0.5) is 5.69 Å². The first-order chi connectivity index (χ1) is 8.38. The summed E-state index contributed by atoms with van der Waals surface area (Å²) in [7, 11) is -1.94. The Balaban J connectivity index is 2.33. The van der Waals surface area contributed by atoms with Crippen molar-refractivity contribution in [2.24, 2.45) is 7.05 Å². The maximum absolute atomic E-state index is 12.0. The van der Waals surface area contributed by atoms with Crippen molar-refractivity contribution >= 4 is 15.7 Å². The molecule has 7 heteroatoms. The van der Waals surface area contributed by atoms with Crippen LogP contribution in [0.5, 0.6) is 5.75 Å². The number of aromatic hydroxyl groups is 1. The third-order valence-electron chi connectivity index (χ3n) is 2.40. The molecule has 18 heavy (non-hydrogen) atoms. The lowest BCUT2D eigenvalue weighted by molar-refractivity contribution is 0.475. The van der Waals surface area contributed by atoms with Crippen molar-refractivity contribution in [2.45, 2.75) is 11.8 Å². The predicted octanol–water partition coefficient (Wildman–Crippen LogP) is 1.23. The van der Waals surface area contributed by atoms with E-state index < -0.39 is 10.0 Å². The van der Waals surface area contributed by atoms with E-state index in [-0.39, 0.29) is 10.6 Å². The van der Waals surface area contributed by atoms with Crippen LogP contribution < -0.4 is 4.72 Å². The molecule has 1 aromatic carbocycles. The number of benzene rings is 1. The summed E-state index contributed by atoms with van der Waals surface area (Å²) in [6.45, 7) is 1.72. The number of nitrogens with zero attached hydrogens (tertiary/aromatic N) is 2. The fraction of sp³-hybridized carbons (Fsp3) is 0.182. The molecule has 0 aliphatic heterocycles. The van der Waals surface area contributed by atoms with Gasteiger partial charge < -0.3 is 5.11 Å². The molecule has 2 N–H and O–H groups in total. The molecule has 0 bridgehead atoms. The molecule has 0 spiro atoms. The highest BCUT2D eigenvalue weighted by molar-refractivity contribution is 7.92. The minimum absolute atomic E-state index is 0.0199. The number of sulfonamides is 1. The second-order valence-corrected chi connectivity index (χ2v) is 5.58. The van der Waals surface area contributed by atoms with E-state index in [1.165, 1.54) is 28.9 Å². The van der Waals surface area contributed by atoms with Crippen molar-refractivity contribution in [1.82, 2.24) is 9.78 Å². The molecule has 0 amide bonds. The van der Waals surface area contributed by atoms with Gasteiger partial charge in [-0.3, -0.25) is 9.40 Å². The molecule has 2 rings (SSSR count). The summed E-state index contributed by atoms with van der Waals surface area (Å²) >= 11 is 0. The lowest BCUT2D eigenvalue weighted by Gasteiger charge is -2.06. The Bertz CT molecular complexity index is 659. The number of phenols is 1. The lowest BCUT2D eigenvalue weighted by Crippen LogP contribution is -2.13. The monoisotopic (exact) mass is 267 g/mol. The SMILES string of the molecule is Cc1nn(C)cc1NS(=O)(=O)c1ccc(O)cc1. The molecule has 2 aromatic rings. The molecule has 0 aliphatic rings. The molecular formula is C11H13N3O3S. The van der Waals surface area contributed by atoms with Gasteiger partial charge >= 0.3 is 0 Å². The number of phenolic OH excluding ortho intramolecular Hbond substituents is 1. The Morgan fingerprint density at radius 3 is 2.39 bits per heavy atom. The number of aromatic nitrogens is 2. The molecule has 1 aromatic heterocycles. The number of aryl methyl sites for hydroxylation is 2. The van der Waals surface area contributed by atoms with E-state index in [1.54, 1.807) is 20.2 Å². The molecule has 0 atom stereocenters. The highest BCUT2D eigenvalue weighted by atomic mass is 32.2. The summed E-state index contributed by atoms with van der Waals surface area (Å²) in [6, 6.07) is 5.32. The fourth-order valence-electron chi connectivity index (χ4n) is 1.53. The molecule has 0 saturated heterocycles. The number of rotatable bonds is 3. The van der Waals surface area contributed by atoms with Gasteiger partial charge in [-0.25, -0.2) is 8.42 Å². The molecule has 1 heterocycles. The Morgan fingerprint density at radius 2 is 1.89 bits per heavy atom. The summed E-state index contributed by atoms with van der Waals surface area (Å²) in [5, 5.41) is 13.2. The molecule has 96 valence electrons. The Labute approximate surface area is 105 Å². The second-order valence-electron chi connectivity index (χ2n) is 3.90. The van der Waals surface area contributed by atoms with E-state index in [4.69, 9.17) is 5.11 Å². The molecular weight excluding hydrogens is 254 g/mol. The van der Waals surface area contributed by atoms with Gasteiger partial charge in [0.25, 0.3) is 10.0 Å². The second kappa shape index (κ2) is 4.34. The summed E-state index contributed by atoms with van der Waals surface area (Å²) < 4.78 is 28.1. The van der Waals surface area contributed by atoms with Gasteiger partial charge in [0.2, 0.25) is 0 Å². The summed E-state index contributed by atoms with van der Waals surface area (Å²) in [5.41, 5.74) is 1.03. The molecule has 0 saturated carbocycles. The van der Waals surface area contributed by atoms with Gasteiger partial charge in [-0.15, -0.1) is 0 Å². The van der Waals surface area contributed by atoms with Gasteiger partial charge in [0.05, 0.1) is 16.3 Å². The van der Waals surface area contributed by atoms with E-state index in [0.29, 0.717) is 11.4 Å². The average molecular weight is 267 g/mol. The van der Waals surface area contributed by atoms with Crippen LogP contribution in [-0.2, 0) is 17.1 Å². The quantitative estimate of drug-likeness (QED) is 0.876. The van der Waals surface area contributed by atoms with Gasteiger partial charge in [0.1, 0.15) is 5.75 Å². The number of anilines is 1. The first kappa shape index (κ1) is 12.4. The Kier molecular flexibility index (Phi) is 3.00. The third-order valence-corrected chi connectivity index (χ3v) is 3.79. The average Bonchev–Trinajstić information content (AvgIpc) is 2.57. The normalized spacial score (nSPS) is 11.4. The fourth-order valence-corrected chi connectivity index (χ4v) is 2.63. The van der Waals surface area contributed by atoms with E-state index in [9.17, 15) is 8.42 Å². The van der Waals surface area contributed by atoms with E-state index in [1.807, 2.05) is 0 Å². The van der Waals surface area contributed by atoms with Crippen molar-refractivity contribution in [2.75, 3.05) is 4.72 Å². The minimum Gasteiger partial charge on any atom is -0.508 e. The van der Waals surface area contributed by atoms with Crippen molar-refractivity contribution in [3.05, 3.63) is 36.2 Å². The maximum atomic E-state index is 12.0.